The smallest absolute Gasteiger partial charge is 0.179 e. The number of aryl methyl sites for hydroxylation is 1. The molecule has 2 fully saturated rings. The van der Waals surface area contributed by atoms with Crippen LogP contribution in [-0.2, 0) is 4.74 Å². The fraction of sp³-hybridized carbons (Fsp3) is 0.519. The molecule has 0 saturated carbocycles. The Morgan fingerprint density at radius 2 is 1.85 bits per heavy atom. The highest BCUT2D eigenvalue weighted by Gasteiger charge is 2.28. The lowest BCUT2D eigenvalue weighted by Crippen LogP contribution is -2.43. The normalized spacial score (nSPS) is 19.1. The number of nitrogens with one attached hydrogen (secondary N) is 1. The number of H-pyrrole nitrogens is 1. The monoisotopic (exact) mass is 458 g/mol. The van der Waals surface area contributed by atoms with Gasteiger partial charge in [-0.1, -0.05) is 19.9 Å². The largest absolute Gasteiger partial charge is 0.381 e. The summed E-state index contributed by atoms with van der Waals surface area (Å²) >= 11 is 0. The first-order valence-electron chi connectivity index (χ1n) is 12.7. The van der Waals surface area contributed by atoms with Crippen molar-refractivity contribution in [3.05, 3.63) is 47.2 Å². The molecule has 34 heavy (non-hydrogen) atoms. The van der Waals surface area contributed by atoms with E-state index in [9.17, 15) is 0 Å². The number of pyridine rings is 1. The summed E-state index contributed by atoms with van der Waals surface area (Å²) in [5.74, 6) is 1.04. The van der Waals surface area contributed by atoms with Crippen LogP contribution in [0.3, 0.4) is 0 Å². The van der Waals surface area contributed by atoms with Crippen LogP contribution in [0.15, 0.2) is 30.5 Å². The van der Waals surface area contributed by atoms with Gasteiger partial charge in [-0.2, -0.15) is 4.52 Å². The molecular weight excluding hydrogens is 424 g/mol. The summed E-state index contributed by atoms with van der Waals surface area (Å²) in [5.41, 5.74) is 8.37. The second kappa shape index (κ2) is 8.78. The lowest BCUT2D eigenvalue weighted by atomic mass is 9.86. The van der Waals surface area contributed by atoms with Crippen LogP contribution in [0.2, 0.25) is 0 Å². The van der Waals surface area contributed by atoms with Crippen LogP contribution >= 0.6 is 0 Å². The van der Waals surface area contributed by atoms with Gasteiger partial charge in [0.25, 0.3) is 0 Å². The number of tetrazole rings is 1. The minimum Gasteiger partial charge on any atom is -0.381 e. The zero-order chi connectivity index (χ0) is 23.2. The molecule has 0 atom stereocenters. The molecule has 0 aliphatic carbocycles. The van der Waals surface area contributed by atoms with Crippen molar-refractivity contribution in [1.82, 2.24) is 29.9 Å². The third-order valence-corrected chi connectivity index (χ3v) is 7.96. The molecule has 5 heterocycles. The maximum atomic E-state index is 5.57. The SMILES string of the molecule is Cc1cc2nnnn2cc1-c1[nH]c2ccc(C3CCN(C4CCOCC4)CC3)cc2c1C(C)C. The number of likely N-dealkylation sites (tertiary alicyclic amines) is 1. The first-order valence-corrected chi connectivity index (χ1v) is 12.7. The standard InChI is InChI=1S/C27H34N6O/c1-17(2)26-22-15-20(19-6-10-32(11-7-19)21-8-12-34-13-9-21)4-5-24(22)28-27(26)23-16-33-25(14-18(23)3)29-30-31-33/h4-5,14-17,19,21,28H,6-13H2,1-3H3. The van der Waals surface area contributed by atoms with Gasteiger partial charge in [0.2, 0.25) is 0 Å². The third kappa shape index (κ3) is 3.81. The number of aromatic amines is 1. The quantitative estimate of drug-likeness (QED) is 0.463. The Balaban J connectivity index is 1.32. The van der Waals surface area contributed by atoms with Gasteiger partial charge in [-0.3, -0.25) is 0 Å². The van der Waals surface area contributed by atoms with Crippen molar-refractivity contribution < 1.29 is 4.74 Å². The molecule has 2 aliphatic heterocycles. The first kappa shape index (κ1) is 21.7. The Hall–Kier alpha value is -2.77. The number of nitrogens with zero attached hydrogens (tertiary/aromatic N) is 5. The Kier molecular flexibility index (Phi) is 5.62. The number of fused-ring (bicyclic) bond motifs is 2. The van der Waals surface area contributed by atoms with E-state index in [1.807, 2.05) is 6.20 Å². The Morgan fingerprint density at radius 1 is 1.06 bits per heavy atom. The molecule has 0 unspecified atom stereocenters. The van der Waals surface area contributed by atoms with E-state index < -0.39 is 0 Å². The molecule has 7 nitrogen and oxygen atoms in total. The number of benzene rings is 1. The van der Waals surface area contributed by atoms with Gasteiger partial charge in [-0.25, -0.2) is 0 Å². The van der Waals surface area contributed by atoms with Gasteiger partial charge in [0.1, 0.15) is 0 Å². The molecule has 3 aromatic heterocycles. The molecule has 0 spiro atoms. The molecule has 2 aliphatic rings. The number of piperidine rings is 1. The molecule has 0 radical (unpaired) electrons. The van der Waals surface area contributed by atoms with Crippen LogP contribution in [0, 0.1) is 6.92 Å². The van der Waals surface area contributed by atoms with Crippen molar-refractivity contribution in [2.24, 2.45) is 0 Å². The number of rotatable bonds is 4. The fourth-order valence-corrected chi connectivity index (χ4v) is 6.09. The Bertz CT molecular complexity index is 1310. The summed E-state index contributed by atoms with van der Waals surface area (Å²) in [6, 6.07) is 9.87. The fourth-order valence-electron chi connectivity index (χ4n) is 6.09. The molecule has 178 valence electrons. The van der Waals surface area contributed by atoms with Gasteiger partial charge in [-0.05, 0) is 103 Å². The third-order valence-electron chi connectivity index (χ3n) is 7.96. The Morgan fingerprint density at radius 3 is 2.62 bits per heavy atom. The summed E-state index contributed by atoms with van der Waals surface area (Å²) in [6.45, 7) is 11.0. The van der Waals surface area contributed by atoms with Crippen molar-refractivity contribution in [3.63, 3.8) is 0 Å². The van der Waals surface area contributed by atoms with Crippen LogP contribution in [-0.4, -0.2) is 62.3 Å². The van der Waals surface area contributed by atoms with Gasteiger partial charge in [0.15, 0.2) is 5.65 Å². The number of hydrogen-bond donors (Lipinski definition) is 1. The zero-order valence-electron chi connectivity index (χ0n) is 20.4. The summed E-state index contributed by atoms with van der Waals surface area (Å²) in [5, 5.41) is 13.4. The molecule has 1 N–H and O–H groups in total. The van der Waals surface area contributed by atoms with Crippen molar-refractivity contribution in [1.29, 1.82) is 0 Å². The van der Waals surface area contributed by atoms with Crippen molar-refractivity contribution in [2.75, 3.05) is 26.3 Å². The average molecular weight is 459 g/mol. The van der Waals surface area contributed by atoms with Gasteiger partial charge >= 0.3 is 0 Å². The van der Waals surface area contributed by atoms with E-state index in [1.54, 1.807) is 4.52 Å². The minimum absolute atomic E-state index is 0.401. The number of ether oxygens (including phenoxy) is 1. The lowest BCUT2D eigenvalue weighted by molar-refractivity contribution is 0.0252. The molecule has 0 bridgehead atoms. The van der Waals surface area contributed by atoms with Crippen LogP contribution < -0.4 is 0 Å². The van der Waals surface area contributed by atoms with E-state index >= 15 is 0 Å². The van der Waals surface area contributed by atoms with Crippen molar-refractivity contribution in [3.8, 4) is 11.3 Å². The molecule has 2 saturated heterocycles. The summed E-state index contributed by atoms with van der Waals surface area (Å²) in [7, 11) is 0. The highest BCUT2D eigenvalue weighted by molar-refractivity contribution is 5.92. The predicted octanol–water partition coefficient (Wildman–Crippen LogP) is 5.06. The van der Waals surface area contributed by atoms with Gasteiger partial charge in [-0.15, -0.1) is 5.10 Å². The minimum atomic E-state index is 0.401. The summed E-state index contributed by atoms with van der Waals surface area (Å²) < 4.78 is 7.33. The van der Waals surface area contributed by atoms with Crippen LogP contribution in [0.1, 0.15) is 68.1 Å². The predicted molar refractivity (Wildman–Crippen MR) is 134 cm³/mol. The first-order chi connectivity index (χ1) is 16.6. The molecular formula is C27H34N6O. The van der Waals surface area contributed by atoms with E-state index in [0.717, 1.165) is 30.5 Å². The number of hydrogen-bond acceptors (Lipinski definition) is 5. The summed E-state index contributed by atoms with van der Waals surface area (Å²) in [6.07, 6.45) is 6.92. The van der Waals surface area contributed by atoms with Crippen LogP contribution in [0.4, 0.5) is 0 Å². The van der Waals surface area contributed by atoms with E-state index in [-0.39, 0.29) is 0 Å². The molecule has 4 aromatic rings. The van der Waals surface area contributed by atoms with Gasteiger partial charge in [0, 0.05) is 41.9 Å². The molecule has 0 amide bonds. The second-order valence-corrected chi connectivity index (χ2v) is 10.4. The maximum absolute atomic E-state index is 5.57. The van der Waals surface area contributed by atoms with Crippen molar-refractivity contribution >= 4 is 16.6 Å². The highest BCUT2D eigenvalue weighted by atomic mass is 16.5. The van der Waals surface area contributed by atoms with E-state index in [1.165, 1.54) is 72.1 Å². The zero-order valence-corrected chi connectivity index (χ0v) is 20.4. The topological polar surface area (TPSA) is 71.3 Å². The molecule has 6 rings (SSSR count). The van der Waals surface area contributed by atoms with E-state index in [4.69, 9.17) is 4.74 Å². The van der Waals surface area contributed by atoms with Gasteiger partial charge in [0.05, 0.1) is 5.69 Å². The summed E-state index contributed by atoms with van der Waals surface area (Å²) in [4.78, 5) is 6.45. The molecule has 7 heteroatoms. The van der Waals surface area contributed by atoms with Gasteiger partial charge < -0.3 is 14.6 Å². The highest BCUT2D eigenvalue weighted by Crippen LogP contribution is 2.39. The van der Waals surface area contributed by atoms with E-state index in [2.05, 4.69) is 70.4 Å². The Labute approximate surface area is 200 Å². The van der Waals surface area contributed by atoms with Crippen LogP contribution in [0.5, 0.6) is 0 Å². The van der Waals surface area contributed by atoms with E-state index in [0.29, 0.717) is 11.8 Å². The number of aromatic nitrogens is 5. The maximum Gasteiger partial charge on any atom is 0.179 e. The second-order valence-electron chi connectivity index (χ2n) is 10.4. The van der Waals surface area contributed by atoms with Crippen LogP contribution in [0.25, 0.3) is 27.8 Å². The molecule has 1 aromatic carbocycles. The average Bonchev–Trinajstić information content (AvgIpc) is 3.47. The lowest BCUT2D eigenvalue weighted by Gasteiger charge is -2.39. The van der Waals surface area contributed by atoms with Crippen molar-refractivity contribution in [2.45, 2.75) is 64.3 Å².